The van der Waals surface area contributed by atoms with Gasteiger partial charge in [0.15, 0.2) is 0 Å². The van der Waals surface area contributed by atoms with Gasteiger partial charge < -0.3 is 0 Å². The molecule has 0 saturated heterocycles. The quantitative estimate of drug-likeness (QED) is 0.680. The van der Waals surface area contributed by atoms with Crippen LogP contribution >= 0.6 is 46.2 Å². The van der Waals surface area contributed by atoms with Crippen LogP contribution in [0.2, 0.25) is 0 Å². The summed E-state index contributed by atoms with van der Waals surface area (Å²) in [7, 11) is 0. The maximum absolute atomic E-state index is 2.29. The van der Waals surface area contributed by atoms with Crippen molar-refractivity contribution >= 4 is 46.2 Å². The minimum Gasteiger partial charge on any atom is -0.128 e. The van der Waals surface area contributed by atoms with Gasteiger partial charge in [0.05, 0.1) is 8.42 Å². The molecular formula is C12H14S4. The van der Waals surface area contributed by atoms with E-state index in [9.17, 15) is 0 Å². The molecule has 0 fully saturated rings. The molecule has 0 atom stereocenters. The van der Waals surface area contributed by atoms with Gasteiger partial charge in [-0.3, -0.25) is 0 Å². The highest BCUT2D eigenvalue weighted by Gasteiger charge is 2.13. The molecule has 86 valence electrons. The van der Waals surface area contributed by atoms with Crippen molar-refractivity contribution in [2.75, 3.05) is 12.5 Å². The van der Waals surface area contributed by atoms with E-state index < -0.39 is 0 Å². The molecule has 0 spiro atoms. The van der Waals surface area contributed by atoms with Crippen LogP contribution in [0.3, 0.4) is 0 Å². The summed E-state index contributed by atoms with van der Waals surface area (Å²) < 4.78 is 2.82. The lowest BCUT2D eigenvalue weighted by Crippen LogP contribution is -1.72. The van der Waals surface area contributed by atoms with Crippen LogP contribution in [-0.4, -0.2) is 12.5 Å². The smallest absolute Gasteiger partial charge is 0.0605 e. The second-order valence-electron chi connectivity index (χ2n) is 3.56. The Hall–Kier alpha value is 0.1000. The molecular weight excluding hydrogens is 272 g/mol. The zero-order valence-electron chi connectivity index (χ0n) is 9.79. The van der Waals surface area contributed by atoms with E-state index in [0.29, 0.717) is 0 Å². The van der Waals surface area contributed by atoms with Gasteiger partial charge in [-0.1, -0.05) is 0 Å². The highest BCUT2D eigenvalue weighted by atomic mass is 32.2. The van der Waals surface area contributed by atoms with Crippen molar-refractivity contribution in [3.05, 3.63) is 23.3 Å². The van der Waals surface area contributed by atoms with Gasteiger partial charge in [-0.05, 0) is 49.6 Å². The molecule has 0 nitrogen and oxygen atoms in total. The Morgan fingerprint density at radius 1 is 0.812 bits per heavy atom. The van der Waals surface area contributed by atoms with Crippen molar-refractivity contribution in [2.24, 2.45) is 0 Å². The normalized spacial score (nSPS) is 11.0. The zero-order valence-corrected chi connectivity index (χ0v) is 13.1. The molecule has 0 N–H and O–H groups in total. The van der Waals surface area contributed by atoms with Crippen LogP contribution in [0.4, 0.5) is 0 Å². The fraction of sp³-hybridized carbons (Fsp3) is 0.333. The third-order valence-electron chi connectivity index (χ3n) is 2.40. The van der Waals surface area contributed by atoms with Gasteiger partial charge in [0, 0.05) is 9.75 Å². The van der Waals surface area contributed by atoms with Crippen LogP contribution in [0.25, 0.3) is 9.75 Å². The van der Waals surface area contributed by atoms with Crippen molar-refractivity contribution in [1.82, 2.24) is 0 Å². The van der Waals surface area contributed by atoms with Crippen molar-refractivity contribution < 1.29 is 0 Å². The van der Waals surface area contributed by atoms with Gasteiger partial charge in [-0.15, -0.1) is 46.2 Å². The van der Waals surface area contributed by atoms with E-state index in [1.807, 2.05) is 46.2 Å². The third-order valence-corrected chi connectivity index (χ3v) is 7.17. The standard InChI is InChI=1S/C12H14S4/c1-7-5-9(13-3)15-11(7)12-8(2)6-10(14-4)16-12/h5-6H,1-4H3. The topological polar surface area (TPSA) is 0 Å². The largest absolute Gasteiger partial charge is 0.128 e. The van der Waals surface area contributed by atoms with Gasteiger partial charge >= 0.3 is 0 Å². The fourth-order valence-corrected chi connectivity index (χ4v) is 5.38. The van der Waals surface area contributed by atoms with E-state index in [-0.39, 0.29) is 0 Å². The molecule has 0 saturated carbocycles. The highest BCUT2D eigenvalue weighted by Crippen LogP contribution is 2.43. The number of aryl methyl sites for hydroxylation is 2. The summed E-state index contributed by atoms with van der Waals surface area (Å²) in [6, 6.07) is 4.59. The lowest BCUT2D eigenvalue weighted by molar-refractivity contribution is 1.48. The van der Waals surface area contributed by atoms with Gasteiger partial charge in [-0.2, -0.15) is 0 Å². The average molecular weight is 287 g/mol. The van der Waals surface area contributed by atoms with E-state index in [2.05, 4.69) is 38.5 Å². The Bertz CT molecular complexity index is 447. The summed E-state index contributed by atoms with van der Waals surface area (Å²) in [5, 5.41) is 0. The van der Waals surface area contributed by atoms with Crippen molar-refractivity contribution in [1.29, 1.82) is 0 Å². The van der Waals surface area contributed by atoms with E-state index in [1.54, 1.807) is 0 Å². The van der Waals surface area contributed by atoms with Crippen LogP contribution in [0, 0.1) is 13.8 Å². The van der Waals surface area contributed by atoms with Crippen LogP contribution in [-0.2, 0) is 0 Å². The Kier molecular flexibility index (Phi) is 4.06. The van der Waals surface area contributed by atoms with Gasteiger partial charge in [0.25, 0.3) is 0 Å². The Morgan fingerprint density at radius 2 is 1.19 bits per heavy atom. The predicted octanol–water partition coefficient (Wildman–Crippen LogP) is 5.54. The minimum atomic E-state index is 1.41. The van der Waals surface area contributed by atoms with Crippen LogP contribution in [0.5, 0.6) is 0 Å². The number of hydrogen-bond acceptors (Lipinski definition) is 4. The first-order chi connectivity index (χ1) is 7.65. The molecule has 0 bridgehead atoms. The molecule has 2 rings (SSSR count). The molecule has 0 radical (unpaired) electrons. The first kappa shape index (κ1) is 12.6. The summed E-state index contributed by atoms with van der Waals surface area (Å²) >= 11 is 7.50. The zero-order chi connectivity index (χ0) is 11.7. The number of rotatable bonds is 3. The molecule has 16 heavy (non-hydrogen) atoms. The Balaban J connectivity index is 2.48. The minimum absolute atomic E-state index is 1.41. The Labute approximate surface area is 113 Å². The van der Waals surface area contributed by atoms with Crippen molar-refractivity contribution in [2.45, 2.75) is 22.3 Å². The third kappa shape index (κ3) is 2.35. The molecule has 2 aromatic heterocycles. The number of thioether (sulfide) groups is 2. The highest BCUT2D eigenvalue weighted by molar-refractivity contribution is 8.00. The van der Waals surface area contributed by atoms with Gasteiger partial charge in [-0.25, -0.2) is 0 Å². The first-order valence-corrected chi connectivity index (χ1v) is 9.03. The monoisotopic (exact) mass is 286 g/mol. The average Bonchev–Trinajstić information content (AvgIpc) is 2.81. The summed E-state index contributed by atoms with van der Waals surface area (Å²) in [6.07, 6.45) is 4.29. The number of hydrogen-bond donors (Lipinski definition) is 0. The maximum Gasteiger partial charge on any atom is 0.0605 e. The lowest BCUT2D eigenvalue weighted by Gasteiger charge is -1.96. The second kappa shape index (κ2) is 5.17. The molecule has 0 aromatic carbocycles. The lowest BCUT2D eigenvalue weighted by atomic mass is 10.2. The molecule has 0 unspecified atom stereocenters. The van der Waals surface area contributed by atoms with E-state index in [4.69, 9.17) is 0 Å². The molecule has 0 aliphatic carbocycles. The summed E-state index contributed by atoms with van der Waals surface area (Å²) in [5.41, 5.74) is 2.82. The fourth-order valence-electron chi connectivity index (χ4n) is 1.56. The molecule has 4 heteroatoms. The maximum atomic E-state index is 2.29. The van der Waals surface area contributed by atoms with Crippen molar-refractivity contribution in [3.8, 4) is 9.75 Å². The van der Waals surface area contributed by atoms with Gasteiger partial charge in [0.2, 0.25) is 0 Å². The number of thiophene rings is 2. The molecule has 0 aliphatic rings. The van der Waals surface area contributed by atoms with Crippen LogP contribution < -0.4 is 0 Å². The van der Waals surface area contributed by atoms with E-state index in [0.717, 1.165) is 0 Å². The van der Waals surface area contributed by atoms with E-state index >= 15 is 0 Å². The SMILES string of the molecule is CSc1cc(C)c(-c2sc(SC)cc2C)s1. The molecule has 2 aromatic rings. The van der Waals surface area contributed by atoms with Crippen LogP contribution in [0.1, 0.15) is 11.1 Å². The summed E-state index contributed by atoms with van der Waals surface area (Å²) in [6.45, 7) is 4.42. The first-order valence-electron chi connectivity index (χ1n) is 4.95. The summed E-state index contributed by atoms with van der Waals surface area (Å²) in [5.74, 6) is 0. The van der Waals surface area contributed by atoms with Gasteiger partial charge in [0.1, 0.15) is 0 Å². The molecule has 2 heterocycles. The summed E-state index contributed by atoms with van der Waals surface area (Å²) in [4.78, 5) is 2.90. The van der Waals surface area contributed by atoms with Crippen LogP contribution in [0.15, 0.2) is 20.6 Å². The predicted molar refractivity (Wildman–Crippen MR) is 80.7 cm³/mol. The van der Waals surface area contributed by atoms with E-state index in [1.165, 1.54) is 29.3 Å². The second-order valence-corrected chi connectivity index (χ2v) is 7.88. The molecule has 0 amide bonds. The van der Waals surface area contributed by atoms with Crippen molar-refractivity contribution in [3.63, 3.8) is 0 Å². The molecule has 0 aliphatic heterocycles. The Morgan fingerprint density at radius 3 is 1.44 bits per heavy atom.